The van der Waals surface area contributed by atoms with Crippen LogP contribution < -0.4 is 0 Å². The largest absolute Gasteiger partial charge is 0.394 e. The molecule has 68 valence electrons. The lowest BCUT2D eigenvalue weighted by molar-refractivity contribution is -0.176. The zero-order chi connectivity index (χ0) is 9.35. The van der Waals surface area contributed by atoms with E-state index in [9.17, 15) is 13.2 Å². The van der Waals surface area contributed by atoms with Gasteiger partial charge in [0.25, 0.3) is 0 Å². The first-order valence-electron chi connectivity index (χ1n) is 3.60. The molecule has 2 unspecified atom stereocenters. The molecule has 1 aliphatic heterocycles. The highest BCUT2D eigenvalue weighted by atomic mass is 19.4. The zero-order valence-corrected chi connectivity index (χ0v) is 6.60. The van der Waals surface area contributed by atoms with Gasteiger partial charge >= 0.3 is 6.18 Å². The van der Waals surface area contributed by atoms with Crippen molar-refractivity contribution in [1.29, 1.82) is 5.26 Å². The molecule has 1 heterocycles. The summed E-state index contributed by atoms with van der Waals surface area (Å²) in [6, 6.07) is 1.69. The van der Waals surface area contributed by atoms with Crippen LogP contribution in [0.3, 0.4) is 0 Å². The van der Waals surface area contributed by atoms with Gasteiger partial charge in [0, 0.05) is 13.1 Å². The minimum absolute atomic E-state index is 0.0538. The van der Waals surface area contributed by atoms with E-state index in [0.717, 1.165) is 0 Å². The summed E-state index contributed by atoms with van der Waals surface area (Å²) in [6.07, 6.45) is -4.23. The molecule has 0 aliphatic carbocycles. The molecule has 0 aromatic carbocycles. The van der Waals surface area contributed by atoms with Crippen LogP contribution in [0.4, 0.5) is 13.2 Å². The maximum atomic E-state index is 12.2. The fourth-order valence-electron chi connectivity index (χ4n) is 1.46. The van der Waals surface area contributed by atoms with Crippen molar-refractivity contribution in [2.75, 3.05) is 20.1 Å². The Bertz CT molecular complexity index is 206. The van der Waals surface area contributed by atoms with Crippen LogP contribution >= 0.6 is 0 Å². The quantitative estimate of drug-likeness (QED) is 0.558. The van der Waals surface area contributed by atoms with Crippen LogP contribution in [-0.4, -0.2) is 31.2 Å². The normalized spacial score (nSPS) is 31.9. The second-order valence-corrected chi connectivity index (χ2v) is 3.10. The van der Waals surface area contributed by atoms with Crippen LogP contribution in [0.1, 0.15) is 0 Å². The van der Waals surface area contributed by atoms with E-state index in [1.54, 1.807) is 13.1 Å². The van der Waals surface area contributed by atoms with E-state index >= 15 is 0 Å². The molecule has 0 aromatic heterocycles. The van der Waals surface area contributed by atoms with Crippen LogP contribution in [0.15, 0.2) is 0 Å². The lowest BCUT2D eigenvalue weighted by Gasteiger charge is -2.15. The molecule has 0 spiro atoms. The third-order valence-electron chi connectivity index (χ3n) is 2.09. The smallest absolute Gasteiger partial charge is 0.304 e. The highest BCUT2D eigenvalue weighted by molar-refractivity contribution is 4.98. The van der Waals surface area contributed by atoms with Gasteiger partial charge in [0.05, 0.1) is 17.9 Å². The second kappa shape index (κ2) is 2.94. The minimum atomic E-state index is -4.23. The summed E-state index contributed by atoms with van der Waals surface area (Å²) in [5.74, 6) is -2.36. The molecule has 2 atom stereocenters. The Labute approximate surface area is 68.6 Å². The Morgan fingerprint density at radius 1 is 1.42 bits per heavy atom. The molecule has 0 radical (unpaired) electrons. The molecule has 0 N–H and O–H groups in total. The monoisotopic (exact) mass is 178 g/mol. The van der Waals surface area contributed by atoms with Crippen molar-refractivity contribution in [2.45, 2.75) is 6.18 Å². The van der Waals surface area contributed by atoms with E-state index < -0.39 is 18.0 Å². The number of nitriles is 1. The van der Waals surface area contributed by atoms with Gasteiger partial charge in [0.1, 0.15) is 0 Å². The van der Waals surface area contributed by atoms with Crippen molar-refractivity contribution in [3.8, 4) is 6.07 Å². The van der Waals surface area contributed by atoms with Crippen LogP contribution in [0.25, 0.3) is 0 Å². The Kier molecular flexibility index (Phi) is 2.29. The van der Waals surface area contributed by atoms with Crippen LogP contribution in [0, 0.1) is 23.2 Å². The SMILES string of the molecule is CN1CC(C#N)C(C(F)(F)F)C1. The molecule has 12 heavy (non-hydrogen) atoms. The Morgan fingerprint density at radius 2 is 2.00 bits per heavy atom. The Morgan fingerprint density at radius 3 is 2.33 bits per heavy atom. The fraction of sp³-hybridized carbons (Fsp3) is 0.857. The lowest BCUT2D eigenvalue weighted by Crippen LogP contribution is -2.29. The van der Waals surface area contributed by atoms with Gasteiger partial charge in [0.15, 0.2) is 0 Å². The number of rotatable bonds is 0. The van der Waals surface area contributed by atoms with E-state index in [1.807, 2.05) is 0 Å². The standard InChI is InChI=1S/C7H9F3N2/c1-12-3-5(2-11)6(4-12)7(8,9)10/h5-6H,3-4H2,1H3. The third kappa shape index (κ3) is 1.69. The van der Waals surface area contributed by atoms with Crippen molar-refractivity contribution >= 4 is 0 Å². The minimum Gasteiger partial charge on any atom is -0.304 e. The van der Waals surface area contributed by atoms with Gasteiger partial charge < -0.3 is 4.90 Å². The molecule has 1 fully saturated rings. The highest BCUT2D eigenvalue weighted by Crippen LogP contribution is 2.36. The molecular formula is C7H9F3N2. The van der Waals surface area contributed by atoms with Gasteiger partial charge in [-0.05, 0) is 7.05 Å². The van der Waals surface area contributed by atoms with Crippen molar-refractivity contribution in [3.05, 3.63) is 0 Å². The van der Waals surface area contributed by atoms with Gasteiger partial charge in [-0.15, -0.1) is 0 Å². The number of likely N-dealkylation sites (tertiary alicyclic amines) is 1. The molecule has 2 nitrogen and oxygen atoms in total. The summed E-state index contributed by atoms with van der Waals surface area (Å²) < 4.78 is 36.6. The molecule has 5 heteroatoms. The van der Waals surface area contributed by atoms with Gasteiger partial charge in [-0.2, -0.15) is 18.4 Å². The first kappa shape index (κ1) is 9.33. The zero-order valence-electron chi connectivity index (χ0n) is 6.60. The summed E-state index contributed by atoms with van der Waals surface area (Å²) in [6.45, 7) is 0.169. The topological polar surface area (TPSA) is 27.0 Å². The fourth-order valence-corrected chi connectivity index (χ4v) is 1.46. The predicted octanol–water partition coefficient (Wildman–Crippen LogP) is 1.25. The molecule has 0 saturated carbocycles. The van der Waals surface area contributed by atoms with E-state index in [2.05, 4.69) is 0 Å². The molecule has 0 amide bonds. The molecule has 1 rings (SSSR count). The second-order valence-electron chi connectivity index (χ2n) is 3.10. The highest BCUT2D eigenvalue weighted by Gasteiger charge is 2.48. The van der Waals surface area contributed by atoms with Crippen molar-refractivity contribution in [1.82, 2.24) is 4.90 Å². The number of alkyl halides is 3. The number of halogens is 3. The van der Waals surface area contributed by atoms with Crippen molar-refractivity contribution in [2.24, 2.45) is 11.8 Å². The first-order chi connectivity index (χ1) is 5.45. The summed E-state index contributed by atoms with van der Waals surface area (Å²) in [7, 11) is 1.59. The average molecular weight is 178 g/mol. The van der Waals surface area contributed by atoms with E-state index in [4.69, 9.17) is 5.26 Å². The molecule has 1 saturated heterocycles. The van der Waals surface area contributed by atoms with E-state index in [1.165, 1.54) is 4.90 Å². The van der Waals surface area contributed by atoms with Crippen molar-refractivity contribution in [3.63, 3.8) is 0 Å². The number of hydrogen-bond acceptors (Lipinski definition) is 2. The average Bonchev–Trinajstić information content (AvgIpc) is 2.29. The summed E-state index contributed by atoms with van der Waals surface area (Å²) >= 11 is 0. The lowest BCUT2D eigenvalue weighted by atomic mass is 9.97. The first-order valence-corrected chi connectivity index (χ1v) is 3.60. The van der Waals surface area contributed by atoms with E-state index in [0.29, 0.717) is 0 Å². The van der Waals surface area contributed by atoms with Gasteiger partial charge in [-0.3, -0.25) is 0 Å². The van der Waals surface area contributed by atoms with E-state index in [-0.39, 0.29) is 13.1 Å². The molecule has 0 bridgehead atoms. The van der Waals surface area contributed by atoms with Crippen LogP contribution in [-0.2, 0) is 0 Å². The van der Waals surface area contributed by atoms with Gasteiger partial charge in [-0.1, -0.05) is 0 Å². The Hall–Kier alpha value is -0.760. The maximum Gasteiger partial charge on any atom is 0.394 e. The molecule has 0 aromatic rings. The summed E-state index contributed by atoms with van der Waals surface area (Å²) in [5, 5.41) is 8.44. The van der Waals surface area contributed by atoms with Crippen LogP contribution in [0.2, 0.25) is 0 Å². The third-order valence-corrected chi connectivity index (χ3v) is 2.09. The number of nitrogens with zero attached hydrogens (tertiary/aromatic N) is 2. The number of hydrogen-bond donors (Lipinski definition) is 0. The van der Waals surface area contributed by atoms with Crippen LogP contribution in [0.5, 0.6) is 0 Å². The summed E-state index contributed by atoms with van der Waals surface area (Å²) in [4.78, 5) is 1.53. The Balaban J connectivity index is 2.72. The van der Waals surface area contributed by atoms with Gasteiger partial charge in [-0.25, -0.2) is 0 Å². The summed E-state index contributed by atoms with van der Waals surface area (Å²) in [5.41, 5.74) is 0. The molecule has 1 aliphatic rings. The van der Waals surface area contributed by atoms with Crippen molar-refractivity contribution < 1.29 is 13.2 Å². The molecular weight excluding hydrogens is 169 g/mol. The predicted molar refractivity (Wildman–Crippen MR) is 36.1 cm³/mol. The van der Waals surface area contributed by atoms with Gasteiger partial charge in [0.2, 0.25) is 0 Å². The maximum absolute atomic E-state index is 12.2.